The molecule has 8 nitrogen and oxygen atoms in total. The Bertz CT molecular complexity index is 1020. The van der Waals surface area contributed by atoms with Crippen molar-refractivity contribution in [1.29, 1.82) is 0 Å². The topological polar surface area (TPSA) is 77.2 Å². The molecule has 1 amide bonds. The number of carbonyl (C=O) groups is 1. The van der Waals surface area contributed by atoms with E-state index in [9.17, 15) is 9.18 Å². The maximum atomic E-state index is 13.5. The van der Waals surface area contributed by atoms with Crippen molar-refractivity contribution < 1.29 is 13.9 Å². The normalized spacial score (nSPS) is 18.8. The summed E-state index contributed by atoms with van der Waals surface area (Å²) in [5.41, 5.74) is 0. The molecule has 0 unspecified atom stereocenters. The molecule has 33 heavy (non-hydrogen) atoms. The fourth-order valence-electron chi connectivity index (χ4n) is 4.30. The van der Waals surface area contributed by atoms with E-state index in [1.807, 2.05) is 28.6 Å². The van der Waals surface area contributed by atoms with Crippen molar-refractivity contribution in [1.82, 2.24) is 29.3 Å². The minimum atomic E-state index is -0.319. The van der Waals surface area contributed by atoms with Crippen LogP contribution in [0, 0.1) is 17.7 Å². The number of halogens is 1. The first-order chi connectivity index (χ1) is 16.1. The van der Waals surface area contributed by atoms with Crippen molar-refractivity contribution in [3.05, 3.63) is 67.0 Å². The first-order valence-corrected chi connectivity index (χ1v) is 11.4. The molecular formula is C24H31FN6O2. The van der Waals surface area contributed by atoms with E-state index in [-0.39, 0.29) is 23.6 Å². The lowest BCUT2D eigenvalue weighted by Crippen LogP contribution is -2.47. The number of hydrogen-bond acceptors (Lipinski definition) is 5. The SMILES string of the molecule is Cn1ccnc1CN1C[C@@H](COc2cccc(F)c2)C[C@@H](C(=O)NCCCn2ccnc2)C1. The van der Waals surface area contributed by atoms with Gasteiger partial charge in [-0.2, -0.15) is 0 Å². The van der Waals surface area contributed by atoms with Crippen molar-refractivity contribution in [2.24, 2.45) is 18.9 Å². The highest BCUT2D eigenvalue weighted by Crippen LogP contribution is 2.25. The molecule has 0 aliphatic carbocycles. The molecule has 0 bridgehead atoms. The number of likely N-dealkylation sites (tertiary alicyclic amines) is 1. The second-order valence-electron chi connectivity index (χ2n) is 8.66. The zero-order valence-electron chi connectivity index (χ0n) is 18.9. The summed E-state index contributed by atoms with van der Waals surface area (Å²) in [6.45, 7) is 4.02. The van der Waals surface area contributed by atoms with E-state index in [0.717, 1.165) is 31.8 Å². The number of amides is 1. The van der Waals surface area contributed by atoms with Crippen LogP contribution < -0.4 is 10.1 Å². The van der Waals surface area contributed by atoms with Gasteiger partial charge >= 0.3 is 0 Å². The van der Waals surface area contributed by atoms with Gasteiger partial charge in [0.2, 0.25) is 5.91 Å². The summed E-state index contributed by atoms with van der Waals surface area (Å²) in [5.74, 6) is 1.25. The first-order valence-electron chi connectivity index (χ1n) is 11.4. The Morgan fingerprint density at radius 3 is 2.94 bits per heavy atom. The lowest BCUT2D eigenvalue weighted by atomic mass is 9.89. The molecule has 2 aromatic heterocycles. The Morgan fingerprint density at radius 2 is 2.18 bits per heavy atom. The number of nitrogens with zero attached hydrogens (tertiary/aromatic N) is 5. The number of rotatable bonds is 10. The molecule has 0 radical (unpaired) electrons. The highest BCUT2D eigenvalue weighted by molar-refractivity contribution is 5.79. The summed E-state index contributed by atoms with van der Waals surface area (Å²) in [7, 11) is 1.97. The van der Waals surface area contributed by atoms with Gasteiger partial charge in [0.1, 0.15) is 17.4 Å². The van der Waals surface area contributed by atoms with E-state index in [2.05, 4.69) is 20.2 Å². The second-order valence-corrected chi connectivity index (χ2v) is 8.66. The quantitative estimate of drug-likeness (QED) is 0.477. The molecule has 1 N–H and O–H groups in total. The molecule has 176 valence electrons. The molecule has 4 rings (SSSR count). The summed E-state index contributed by atoms with van der Waals surface area (Å²) in [4.78, 5) is 23.7. The predicted octanol–water partition coefficient (Wildman–Crippen LogP) is 2.48. The van der Waals surface area contributed by atoms with Crippen LogP contribution in [0.5, 0.6) is 5.75 Å². The molecule has 1 aromatic carbocycles. The zero-order chi connectivity index (χ0) is 23.0. The molecule has 1 saturated heterocycles. The molecule has 0 saturated carbocycles. The van der Waals surface area contributed by atoms with Gasteiger partial charge in [0.15, 0.2) is 0 Å². The number of aromatic nitrogens is 4. The molecule has 3 heterocycles. The van der Waals surface area contributed by atoms with Gasteiger partial charge in [-0.3, -0.25) is 9.69 Å². The van der Waals surface area contributed by atoms with E-state index in [0.29, 0.717) is 32.0 Å². The Kier molecular flexibility index (Phi) is 7.72. The number of aryl methyl sites for hydroxylation is 2. The average Bonchev–Trinajstić information content (AvgIpc) is 3.47. The zero-order valence-corrected chi connectivity index (χ0v) is 18.9. The van der Waals surface area contributed by atoms with Gasteiger partial charge in [0.05, 0.1) is 25.4 Å². The average molecular weight is 455 g/mol. The summed E-state index contributed by atoms with van der Waals surface area (Å²) < 4.78 is 23.4. The number of hydrogen-bond donors (Lipinski definition) is 1. The van der Waals surface area contributed by atoms with Crippen molar-refractivity contribution in [3.63, 3.8) is 0 Å². The van der Waals surface area contributed by atoms with Crippen LogP contribution in [0.1, 0.15) is 18.7 Å². The minimum Gasteiger partial charge on any atom is -0.493 e. The van der Waals surface area contributed by atoms with Crippen LogP contribution in [-0.2, 0) is 24.9 Å². The van der Waals surface area contributed by atoms with Crippen LogP contribution in [0.2, 0.25) is 0 Å². The van der Waals surface area contributed by atoms with Gasteiger partial charge in [-0.05, 0) is 25.0 Å². The summed E-state index contributed by atoms with van der Waals surface area (Å²) in [5, 5.41) is 3.10. The molecular weight excluding hydrogens is 423 g/mol. The first kappa shape index (κ1) is 23.0. The van der Waals surface area contributed by atoms with Crippen molar-refractivity contribution >= 4 is 5.91 Å². The largest absolute Gasteiger partial charge is 0.493 e. The molecule has 1 aliphatic rings. The standard InChI is InChI=1S/C24H31FN6O2/c1-29-10-8-27-23(29)16-31-14-19(17-33-22-5-2-4-21(25)13-22)12-20(15-31)24(32)28-6-3-9-30-11-7-26-18-30/h2,4-5,7-8,10-11,13,18-20H,3,6,9,12,14-17H2,1H3,(H,28,32)/t19-,20+/m0/s1. The maximum Gasteiger partial charge on any atom is 0.224 e. The fraction of sp³-hybridized carbons (Fsp3) is 0.458. The monoisotopic (exact) mass is 454 g/mol. The smallest absolute Gasteiger partial charge is 0.224 e. The molecule has 0 spiro atoms. The third kappa shape index (κ3) is 6.64. The third-order valence-corrected chi connectivity index (χ3v) is 6.00. The van der Waals surface area contributed by atoms with Crippen molar-refractivity contribution in [3.8, 4) is 5.75 Å². The van der Waals surface area contributed by atoms with Gasteiger partial charge in [-0.1, -0.05) is 6.07 Å². The van der Waals surface area contributed by atoms with E-state index < -0.39 is 0 Å². The Morgan fingerprint density at radius 1 is 1.27 bits per heavy atom. The maximum absolute atomic E-state index is 13.5. The third-order valence-electron chi connectivity index (χ3n) is 6.00. The highest BCUT2D eigenvalue weighted by Gasteiger charge is 2.32. The number of imidazole rings is 2. The summed E-state index contributed by atoms with van der Waals surface area (Å²) in [6, 6.07) is 6.18. The Hall–Kier alpha value is -3.20. The molecule has 3 aromatic rings. The van der Waals surface area contributed by atoms with E-state index >= 15 is 0 Å². The van der Waals surface area contributed by atoms with Crippen LogP contribution >= 0.6 is 0 Å². The Balaban J connectivity index is 1.34. The van der Waals surface area contributed by atoms with Gasteiger partial charge in [0.25, 0.3) is 0 Å². The van der Waals surface area contributed by atoms with Crippen molar-refractivity contribution in [2.75, 3.05) is 26.2 Å². The van der Waals surface area contributed by atoms with Gasteiger partial charge in [0, 0.05) is 70.0 Å². The number of benzene rings is 1. The minimum absolute atomic E-state index is 0.0703. The van der Waals surface area contributed by atoms with Crippen LogP contribution in [-0.4, -0.2) is 56.2 Å². The van der Waals surface area contributed by atoms with Crippen LogP contribution in [0.15, 0.2) is 55.4 Å². The number of nitrogens with one attached hydrogen (secondary N) is 1. The lowest BCUT2D eigenvalue weighted by molar-refractivity contribution is -0.127. The number of carbonyl (C=O) groups excluding carboxylic acids is 1. The van der Waals surface area contributed by atoms with Crippen molar-refractivity contribution in [2.45, 2.75) is 25.9 Å². The molecule has 1 fully saturated rings. The van der Waals surface area contributed by atoms with E-state index in [1.165, 1.54) is 12.1 Å². The highest BCUT2D eigenvalue weighted by atomic mass is 19.1. The summed E-state index contributed by atoms with van der Waals surface area (Å²) in [6.07, 6.45) is 10.7. The number of ether oxygens (including phenoxy) is 1. The lowest BCUT2D eigenvalue weighted by Gasteiger charge is -2.36. The van der Waals surface area contributed by atoms with Crippen LogP contribution in [0.4, 0.5) is 4.39 Å². The fourth-order valence-corrected chi connectivity index (χ4v) is 4.30. The number of piperidine rings is 1. The van der Waals surface area contributed by atoms with Gasteiger partial charge < -0.3 is 19.2 Å². The molecule has 1 aliphatic heterocycles. The Labute approximate surface area is 193 Å². The van der Waals surface area contributed by atoms with Gasteiger partial charge in [-0.25, -0.2) is 14.4 Å². The van der Waals surface area contributed by atoms with E-state index in [1.54, 1.807) is 30.9 Å². The molecule has 2 atom stereocenters. The van der Waals surface area contributed by atoms with Crippen LogP contribution in [0.3, 0.4) is 0 Å². The molecule has 9 heteroatoms. The van der Waals surface area contributed by atoms with E-state index in [4.69, 9.17) is 4.74 Å². The van der Waals surface area contributed by atoms with Crippen LogP contribution in [0.25, 0.3) is 0 Å². The van der Waals surface area contributed by atoms with Gasteiger partial charge in [-0.15, -0.1) is 0 Å². The predicted molar refractivity (Wildman–Crippen MR) is 122 cm³/mol. The second kappa shape index (κ2) is 11.1. The summed E-state index contributed by atoms with van der Waals surface area (Å²) >= 11 is 0.